The lowest BCUT2D eigenvalue weighted by Gasteiger charge is -2.37. The van der Waals surface area contributed by atoms with Crippen LogP contribution >= 0.6 is 0 Å². The van der Waals surface area contributed by atoms with Gasteiger partial charge in [0, 0.05) is 39.9 Å². The molecular formula is C15H24N4O. The molecule has 1 fully saturated rings. The van der Waals surface area contributed by atoms with Gasteiger partial charge in [0.2, 0.25) is 5.91 Å². The van der Waals surface area contributed by atoms with Crippen molar-refractivity contribution < 1.29 is 4.79 Å². The van der Waals surface area contributed by atoms with E-state index in [0.717, 1.165) is 31.0 Å². The number of nitrogens with zero attached hydrogens (tertiary/aromatic N) is 3. The van der Waals surface area contributed by atoms with Crippen LogP contribution in [0.2, 0.25) is 0 Å². The lowest BCUT2D eigenvalue weighted by molar-refractivity contribution is -0.131. The monoisotopic (exact) mass is 276 g/mol. The summed E-state index contributed by atoms with van der Waals surface area (Å²) in [5.74, 6) is 1.40. The summed E-state index contributed by atoms with van der Waals surface area (Å²) in [4.78, 5) is 20.7. The summed E-state index contributed by atoms with van der Waals surface area (Å²) in [5, 5.41) is 2.95. The highest BCUT2D eigenvalue weighted by Gasteiger charge is 2.31. The standard InChI is InChI=1S/C15H24N4O/c1-11(2)14-15(20)16-7-8-19(14)10-12-5-6-13(17-9-12)18(3)4/h5-6,9,11,14H,7-8,10H2,1-4H3,(H,16,20)/t14-/m1/s1. The fourth-order valence-corrected chi connectivity index (χ4v) is 2.64. The summed E-state index contributed by atoms with van der Waals surface area (Å²) in [5.41, 5.74) is 1.15. The van der Waals surface area contributed by atoms with Crippen molar-refractivity contribution in [2.45, 2.75) is 26.4 Å². The van der Waals surface area contributed by atoms with E-state index in [4.69, 9.17) is 0 Å². The zero-order valence-electron chi connectivity index (χ0n) is 12.8. The van der Waals surface area contributed by atoms with Crippen LogP contribution in [0.1, 0.15) is 19.4 Å². The van der Waals surface area contributed by atoms with Crippen LogP contribution < -0.4 is 10.2 Å². The van der Waals surface area contributed by atoms with Crippen molar-refractivity contribution in [1.29, 1.82) is 0 Å². The van der Waals surface area contributed by atoms with Crippen LogP contribution in [0.15, 0.2) is 18.3 Å². The molecule has 2 heterocycles. The lowest BCUT2D eigenvalue weighted by atomic mass is 9.99. The average Bonchev–Trinajstić information content (AvgIpc) is 2.39. The summed E-state index contributed by atoms with van der Waals surface area (Å²) in [7, 11) is 3.96. The second-order valence-electron chi connectivity index (χ2n) is 5.87. The molecule has 1 amide bonds. The minimum absolute atomic E-state index is 0.0442. The molecule has 1 aromatic rings. The molecule has 1 atom stereocenters. The molecule has 1 aromatic heterocycles. The van der Waals surface area contributed by atoms with Crippen molar-refractivity contribution in [2.75, 3.05) is 32.1 Å². The number of carbonyl (C=O) groups is 1. The topological polar surface area (TPSA) is 48.5 Å². The molecule has 2 rings (SSSR count). The minimum Gasteiger partial charge on any atom is -0.363 e. The zero-order valence-corrected chi connectivity index (χ0v) is 12.8. The summed E-state index contributed by atoms with van der Waals surface area (Å²) in [6, 6.07) is 4.06. The molecule has 0 saturated carbocycles. The number of pyridine rings is 1. The molecule has 5 nitrogen and oxygen atoms in total. The molecule has 1 N–H and O–H groups in total. The highest BCUT2D eigenvalue weighted by Crippen LogP contribution is 2.18. The van der Waals surface area contributed by atoms with Gasteiger partial charge in [-0.2, -0.15) is 0 Å². The van der Waals surface area contributed by atoms with Crippen LogP contribution in [-0.4, -0.2) is 49.0 Å². The van der Waals surface area contributed by atoms with Crippen LogP contribution in [0.5, 0.6) is 0 Å². The molecule has 20 heavy (non-hydrogen) atoms. The van der Waals surface area contributed by atoms with Gasteiger partial charge in [0.1, 0.15) is 5.82 Å². The van der Waals surface area contributed by atoms with Gasteiger partial charge in [0.25, 0.3) is 0 Å². The van der Waals surface area contributed by atoms with Crippen LogP contribution in [0.25, 0.3) is 0 Å². The van der Waals surface area contributed by atoms with Crippen molar-refractivity contribution in [3.8, 4) is 0 Å². The number of hydrogen-bond acceptors (Lipinski definition) is 4. The van der Waals surface area contributed by atoms with Crippen LogP contribution in [0.3, 0.4) is 0 Å². The van der Waals surface area contributed by atoms with E-state index in [2.05, 4.69) is 35.1 Å². The fraction of sp³-hybridized carbons (Fsp3) is 0.600. The van der Waals surface area contributed by atoms with Gasteiger partial charge in [-0.25, -0.2) is 4.98 Å². The van der Waals surface area contributed by atoms with Gasteiger partial charge in [-0.05, 0) is 17.5 Å². The second-order valence-corrected chi connectivity index (χ2v) is 5.87. The first-order valence-electron chi connectivity index (χ1n) is 7.13. The third-order valence-electron chi connectivity index (χ3n) is 3.64. The number of carbonyl (C=O) groups excluding carboxylic acids is 1. The maximum absolute atomic E-state index is 12.0. The second kappa shape index (κ2) is 6.22. The van der Waals surface area contributed by atoms with E-state index in [1.807, 2.05) is 31.3 Å². The maximum Gasteiger partial charge on any atom is 0.237 e. The number of aromatic nitrogens is 1. The van der Waals surface area contributed by atoms with Gasteiger partial charge in [0.15, 0.2) is 0 Å². The fourth-order valence-electron chi connectivity index (χ4n) is 2.64. The lowest BCUT2D eigenvalue weighted by Crippen LogP contribution is -2.56. The third-order valence-corrected chi connectivity index (χ3v) is 3.64. The van der Waals surface area contributed by atoms with Gasteiger partial charge in [-0.3, -0.25) is 9.69 Å². The number of piperazine rings is 1. The van der Waals surface area contributed by atoms with Gasteiger partial charge >= 0.3 is 0 Å². The average molecular weight is 276 g/mol. The van der Waals surface area contributed by atoms with E-state index >= 15 is 0 Å². The van der Waals surface area contributed by atoms with E-state index in [0.29, 0.717) is 5.92 Å². The summed E-state index contributed by atoms with van der Waals surface area (Å²) in [6.07, 6.45) is 1.90. The van der Waals surface area contributed by atoms with E-state index in [-0.39, 0.29) is 11.9 Å². The SMILES string of the molecule is CC(C)[C@@H]1C(=O)NCCN1Cc1ccc(N(C)C)nc1. The van der Waals surface area contributed by atoms with Crippen molar-refractivity contribution in [3.05, 3.63) is 23.9 Å². The predicted molar refractivity (Wildman–Crippen MR) is 80.6 cm³/mol. The molecule has 0 bridgehead atoms. The molecule has 0 unspecified atom stereocenters. The Morgan fingerprint density at radius 2 is 2.20 bits per heavy atom. The molecule has 1 aliphatic heterocycles. The maximum atomic E-state index is 12.0. The Balaban J connectivity index is 2.09. The van der Waals surface area contributed by atoms with E-state index in [1.54, 1.807) is 0 Å². The zero-order chi connectivity index (χ0) is 14.7. The Morgan fingerprint density at radius 1 is 1.45 bits per heavy atom. The molecule has 5 heteroatoms. The first-order chi connectivity index (χ1) is 9.49. The van der Waals surface area contributed by atoms with Crippen LogP contribution in [-0.2, 0) is 11.3 Å². The Morgan fingerprint density at radius 3 is 2.75 bits per heavy atom. The largest absolute Gasteiger partial charge is 0.363 e. The molecule has 0 spiro atoms. The Bertz CT molecular complexity index is 455. The number of anilines is 1. The molecule has 110 valence electrons. The van der Waals surface area contributed by atoms with Crippen molar-refractivity contribution in [3.63, 3.8) is 0 Å². The number of rotatable bonds is 4. The molecular weight excluding hydrogens is 252 g/mol. The first-order valence-corrected chi connectivity index (χ1v) is 7.13. The molecule has 0 aliphatic carbocycles. The smallest absolute Gasteiger partial charge is 0.237 e. The van der Waals surface area contributed by atoms with Crippen LogP contribution in [0, 0.1) is 5.92 Å². The molecule has 1 aliphatic rings. The van der Waals surface area contributed by atoms with Gasteiger partial charge in [0.05, 0.1) is 6.04 Å². The molecule has 0 radical (unpaired) electrons. The van der Waals surface area contributed by atoms with Gasteiger partial charge < -0.3 is 10.2 Å². The summed E-state index contributed by atoms with van der Waals surface area (Å²) < 4.78 is 0. The van der Waals surface area contributed by atoms with Gasteiger partial charge in [-0.1, -0.05) is 19.9 Å². The number of hydrogen-bond donors (Lipinski definition) is 1. The third kappa shape index (κ3) is 3.28. The van der Waals surface area contributed by atoms with E-state index in [9.17, 15) is 4.79 Å². The summed E-state index contributed by atoms with van der Waals surface area (Å²) >= 11 is 0. The van der Waals surface area contributed by atoms with Crippen molar-refractivity contribution in [1.82, 2.24) is 15.2 Å². The van der Waals surface area contributed by atoms with E-state index in [1.165, 1.54) is 0 Å². The Labute approximate surface area is 121 Å². The first kappa shape index (κ1) is 14.8. The predicted octanol–water partition coefficient (Wildman–Crippen LogP) is 1.10. The Kier molecular flexibility index (Phi) is 4.60. The summed E-state index contributed by atoms with van der Waals surface area (Å²) in [6.45, 7) is 6.58. The minimum atomic E-state index is -0.0442. The van der Waals surface area contributed by atoms with Crippen molar-refractivity contribution in [2.24, 2.45) is 5.92 Å². The van der Waals surface area contributed by atoms with Gasteiger partial charge in [-0.15, -0.1) is 0 Å². The molecule has 1 saturated heterocycles. The van der Waals surface area contributed by atoms with Crippen molar-refractivity contribution >= 4 is 11.7 Å². The molecule has 0 aromatic carbocycles. The normalized spacial score (nSPS) is 20.1. The Hall–Kier alpha value is -1.62. The van der Waals surface area contributed by atoms with E-state index < -0.39 is 0 Å². The number of amides is 1. The highest BCUT2D eigenvalue weighted by molar-refractivity contribution is 5.82. The number of nitrogens with one attached hydrogen (secondary N) is 1. The quantitative estimate of drug-likeness (QED) is 0.895. The van der Waals surface area contributed by atoms with Crippen LogP contribution in [0.4, 0.5) is 5.82 Å². The highest BCUT2D eigenvalue weighted by atomic mass is 16.2.